The van der Waals surface area contributed by atoms with Gasteiger partial charge in [0, 0.05) is 20.1 Å². The van der Waals surface area contributed by atoms with E-state index < -0.39 is 17.8 Å². The number of carbonyl (C=O) groups is 1. The fourth-order valence-electron chi connectivity index (χ4n) is 2.65. The predicted octanol–water partition coefficient (Wildman–Crippen LogP) is 1.93. The van der Waals surface area contributed by atoms with Gasteiger partial charge in [0.05, 0.1) is 11.5 Å². The molecule has 142 valence electrons. The highest BCUT2D eigenvalue weighted by atomic mass is 35.5. The van der Waals surface area contributed by atoms with Gasteiger partial charge in [0.15, 0.2) is 0 Å². The summed E-state index contributed by atoms with van der Waals surface area (Å²) >= 11 is 0. The van der Waals surface area contributed by atoms with Crippen molar-refractivity contribution >= 4 is 18.3 Å². The maximum absolute atomic E-state index is 12.9. The molecular formula is C16H22ClF3N2O3. The van der Waals surface area contributed by atoms with E-state index in [0.717, 1.165) is 19.0 Å². The normalized spacial score (nSPS) is 18.4. The summed E-state index contributed by atoms with van der Waals surface area (Å²) in [6, 6.07) is 4.83. The summed E-state index contributed by atoms with van der Waals surface area (Å²) in [6.07, 6.45) is -4.85. The van der Waals surface area contributed by atoms with Gasteiger partial charge in [0.2, 0.25) is 5.91 Å². The van der Waals surface area contributed by atoms with Crippen LogP contribution in [0, 0.1) is 5.92 Å². The number of ether oxygens (including phenoxy) is 1. The fraction of sp³-hybridized carbons (Fsp3) is 0.562. The molecule has 2 rings (SSSR count). The molecule has 1 aromatic rings. The van der Waals surface area contributed by atoms with Gasteiger partial charge < -0.3 is 20.1 Å². The van der Waals surface area contributed by atoms with Crippen molar-refractivity contribution in [3.63, 3.8) is 0 Å². The largest absolute Gasteiger partial charge is 0.490 e. The Morgan fingerprint density at radius 1 is 1.44 bits per heavy atom. The average molecular weight is 383 g/mol. The maximum Gasteiger partial charge on any atom is 0.419 e. The maximum atomic E-state index is 12.9. The van der Waals surface area contributed by atoms with E-state index in [9.17, 15) is 23.1 Å². The molecule has 0 bridgehead atoms. The number of hydrogen-bond donors (Lipinski definition) is 2. The number of carbonyl (C=O) groups excluding carboxylic acids is 1. The van der Waals surface area contributed by atoms with Crippen molar-refractivity contribution in [2.24, 2.45) is 5.92 Å². The molecule has 0 spiro atoms. The third-order valence-electron chi connectivity index (χ3n) is 3.89. The van der Waals surface area contributed by atoms with Gasteiger partial charge in [-0.1, -0.05) is 12.1 Å². The molecule has 1 fully saturated rings. The SMILES string of the molecule is CN(CC(O)COc1ccccc1C(F)(F)F)C(=O)C1CCNC1.Cl. The third-order valence-corrected chi connectivity index (χ3v) is 3.89. The highest BCUT2D eigenvalue weighted by Crippen LogP contribution is 2.35. The van der Waals surface area contributed by atoms with Crippen molar-refractivity contribution in [3.8, 4) is 5.75 Å². The number of halogens is 4. The van der Waals surface area contributed by atoms with E-state index in [1.165, 1.54) is 23.1 Å². The molecule has 1 heterocycles. The second kappa shape index (κ2) is 9.26. The van der Waals surface area contributed by atoms with E-state index in [0.29, 0.717) is 6.54 Å². The van der Waals surface area contributed by atoms with Crippen LogP contribution < -0.4 is 10.1 Å². The molecule has 2 N–H and O–H groups in total. The minimum absolute atomic E-state index is 0. The van der Waals surface area contributed by atoms with Crippen LogP contribution in [0.5, 0.6) is 5.75 Å². The molecule has 1 amide bonds. The third kappa shape index (κ3) is 6.05. The van der Waals surface area contributed by atoms with E-state index in [4.69, 9.17) is 4.74 Å². The lowest BCUT2D eigenvalue weighted by molar-refractivity contribution is -0.139. The zero-order chi connectivity index (χ0) is 17.7. The van der Waals surface area contributed by atoms with Gasteiger partial charge in [0.25, 0.3) is 0 Å². The summed E-state index contributed by atoms with van der Waals surface area (Å²) in [4.78, 5) is 13.5. The lowest BCUT2D eigenvalue weighted by Gasteiger charge is -2.24. The Morgan fingerprint density at radius 3 is 2.72 bits per heavy atom. The Balaban J connectivity index is 0.00000312. The van der Waals surface area contributed by atoms with Crippen LogP contribution in [0.25, 0.3) is 0 Å². The zero-order valence-corrected chi connectivity index (χ0v) is 14.6. The summed E-state index contributed by atoms with van der Waals surface area (Å²) in [5.41, 5.74) is -0.890. The van der Waals surface area contributed by atoms with Gasteiger partial charge in [0.1, 0.15) is 18.5 Å². The first-order chi connectivity index (χ1) is 11.3. The van der Waals surface area contributed by atoms with Crippen molar-refractivity contribution in [2.75, 3.05) is 33.3 Å². The number of amides is 1. The molecule has 2 atom stereocenters. The molecule has 1 aromatic carbocycles. The van der Waals surface area contributed by atoms with E-state index in [1.807, 2.05) is 0 Å². The number of likely N-dealkylation sites (N-methyl/N-ethyl adjacent to an activating group) is 1. The van der Waals surface area contributed by atoms with Crippen LogP contribution in [0.4, 0.5) is 13.2 Å². The van der Waals surface area contributed by atoms with Crippen LogP contribution in [0.3, 0.4) is 0 Å². The van der Waals surface area contributed by atoms with Crippen molar-refractivity contribution < 1.29 is 27.8 Å². The molecule has 1 saturated heterocycles. The number of aliphatic hydroxyl groups is 1. The second-order valence-electron chi connectivity index (χ2n) is 5.87. The van der Waals surface area contributed by atoms with Gasteiger partial charge in [-0.05, 0) is 25.1 Å². The van der Waals surface area contributed by atoms with Gasteiger partial charge in [-0.2, -0.15) is 13.2 Å². The summed E-state index contributed by atoms with van der Waals surface area (Å²) in [5, 5.41) is 13.0. The number of alkyl halides is 3. The van der Waals surface area contributed by atoms with Crippen LogP contribution >= 0.6 is 12.4 Å². The summed E-state index contributed by atoms with van der Waals surface area (Å²) < 4.78 is 43.7. The number of para-hydroxylation sites is 1. The Morgan fingerprint density at radius 2 is 2.12 bits per heavy atom. The molecule has 0 radical (unpaired) electrons. The lowest BCUT2D eigenvalue weighted by atomic mass is 10.1. The molecule has 25 heavy (non-hydrogen) atoms. The molecule has 5 nitrogen and oxygen atoms in total. The van der Waals surface area contributed by atoms with Gasteiger partial charge in [-0.3, -0.25) is 4.79 Å². The standard InChI is InChI=1S/C16H21F3N2O3.ClH/c1-21(15(23)11-6-7-20-8-11)9-12(22)10-24-14-5-3-2-4-13(14)16(17,18)19;/h2-5,11-12,20,22H,6-10H2,1H3;1H. The Labute approximate surface area is 150 Å². The second-order valence-corrected chi connectivity index (χ2v) is 5.87. The van der Waals surface area contributed by atoms with Crippen LogP contribution in [-0.2, 0) is 11.0 Å². The topological polar surface area (TPSA) is 61.8 Å². The fourth-order valence-corrected chi connectivity index (χ4v) is 2.65. The number of aliphatic hydroxyl groups excluding tert-OH is 1. The molecule has 1 aliphatic heterocycles. The average Bonchev–Trinajstić information content (AvgIpc) is 3.06. The zero-order valence-electron chi connectivity index (χ0n) is 13.8. The number of hydrogen-bond acceptors (Lipinski definition) is 4. The van der Waals surface area contributed by atoms with E-state index >= 15 is 0 Å². The smallest absolute Gasteiger partial charge is 0.419 e. The van der Waals surface area contributed by atoms with Crippen molar-refractivity contribution in [3.05, 3.63) is 29.8 Å². The first-order valence-corrected chi connectivity index (χ1v) is 7.72. The number of rotatable bonds is 6. The van der Waals surface area contributed by atoms with E-state index in [2.05, 4.69) is 5.32 Å². The number of nitrogens with zero attached hydrogens (tertiary/aromatic N) is 1. The van der Waals surface area contributed by atoms with Gasteiger partial charge in [-0.15, -0.1) is 12.4 Å². The van der Waals surface area contributed by atoms with Gasteiger partial charge in [-0.25, -0.2) is 0 Å². The van der Waals surface area contributed by atoms with Gasteiger partial charge >= 0.3 is 6.18 Å². The quantitative estimate of drug-likeness (QED) is 0.789. The highest BCUT2D eigenvalue weighted by Gasteiger charge is 2.34. The molecule has 9 heteroatoms. The monoisotopic (exact) mass is 382 g/mol. The van der Waals surface area contributed by atoms with Crippen LogP contribution in [0.1, 0.15) is 12.0 Å². The summed E-state index contributed by atoms with van der Waals surface area (Å²) in [5.74, 6) is -0.540. The molecule has 1 aliphatic rings. The summed E-state index contributed by atoms with van der Waals surface area (Å²) in [6.45, 7) is 1.07. The molecule has 2 unspecified atom stereocenters. The first kappa shape index (κ1) is 21.5. The van der Waals surface area contributed by atoms with Crippen LogP contribution in [-0.4, -0.2) is 55.3 Å². The summed E-state index contributed by atoms with van der Waals surface area (Å²) in [7, 11) is 1.56. The van der Waals surface area contributed by atoms with Crippen LogP contribution in [0.2, 0.25) is 0 Å². The van der Waals surface area contributed by atoms with Crippen LogP contribution in [0.15, 0.2) is 24.3 Å². The lowest BCUT2D eigenvalue weighted by Crippen LogP contribution is -2.40. The van der Waals surface area contributed by atoms with Crippen molar-refractivity contribution in [2.45, 2.75) is 18.7 Å². The first-order valence-electron chi connectivity index (χ1n) is 7.72. The van der Waals surface area contributed by atoms with Crippen molar-refractivity contribution in [1.29, 1.82) is 0 Å². The molecule has 0 aromatic heterocycles. The molecule has 0 saturated carbocycles. The van der Waals surface area contributed by atoms with E-state index in [-0.39, 0.29) is 43.1 Å². The Kier molecular flexibility index (Phi) is 7.98. The minimum atomic E-state index is -4.52. The number of benzene rings is 1. The highest BCUT2D eigenvalue weighted by molar-refractivity contribution is 5.85. The minimum Gasteiger partial charge on any atom is -0.490 e. The number of nitrogens with one attached hydrogen (secondary N) is 1. The Hall–Kier alpha value is -1.51. The molecule has 0 aliphatic carbocycles. The molecular weight excluding hydrogens is 361 g/mol. The van der Waals surface area contributed by atoms with E-state index in [1.54, 1.807) is 7.05 Å². The predicted molar refractivity (Wildman–Crippen MR) is 88.8 cm³/mol. The van der Waals surface area contributed by atoms with Crippen molar-refractivity contribution in [1.82, 2.24) is 10.2 Å². The Bertz CT molecular complexity index is 566.